The predicted molar refractivity (Wildman–Crippen MR) is 82.4 cm³/mol. The van der Waals surface area contributed by atoms with Gasteiger partial charge in [0.05, 0.1) is 10.7 Å². The van der Waals surface area contributed by atoms with Crippen LogP contribution in [0.25, 0.3) is 0 Å². The second-order valence-electron chi connectivity index (χ2n) is 4.37. The van der Waals surface area contributed by atoms with Crippen molar-refractivity contribution in [1.29, 1.82) is 0 Å². The minimum absolute atomic E-state index is 0.765. The number of halogens is 2. The lowest BCUT2D eigenvalue weighted by Crippen LogP contribution is -2.01. The highest BCUT2D eigenvalue weighted by Crippen LogP contribution is 2.26. The SMILES string of the molecule is Cc1ccc(CNc2c(C)cccc2Cl)cc1Br. The lowest BCUT2D eigenvalue weighted by Gasteiger charge is -2.12. The summed E-state index contributed by atoms with van der Waals surface area (Å²) in [6, 6.07) is 12.3. The maximum absolute atomic E-state index is 6.18. The number of nitrogens with one attached hydrogen (secondary N) is 1. The van der Waals surface area contributed by atoms with E-state index >= 15 is 0 Å². The van der Waals surface area contributed by atoms with E-state index in [2.05, 4.69) is 59.4 Å². The Morgan fingerprint density at radius 3 is 2.56 bits per heavy atom. The molecule has 0 aromatic heterocycles. The second kappa shape index (κ2) is 5.77. The standard InChI is InChI=1S/C15H15BrClN/c1-10-6-7-12(8-13(10)16)9-18-15-11(2)4-3-5-14(15)17/h3-8,18H,9H2,1-2H3. The third kappa shape index (κ3) is 3.06. The molecule has 0 saturated carbocycles. The van der Waals surface area contributed by atoms with Crippen molar-refractivity contribution in [1.82, 2.24) is 0 Å². The van der Waals surface area contributed by atoms with E-state index in [0.717, 1.165) is 27.3 Å². The summed E-state index contributed by atoms with van der Waals surface area (Å²) in [5.74, 6) is 0. The number of aryl methyl sites for hydroxylation is 2. The molecular weight excluding hydrogens is 310 g/mol. The first-order valence-electron chi connectivity index (χ1n) is 5.82. The Morgan fingerprint density at radius 2 is 1.89 bits per heavy atom. The molecular formula is C15H15BrClN. The van der Waals surface area contributed by atoms with Crippen LogP contribution in [0.15, 0.2) is 40.9 Å². The minimum Gasteiger partial charge on any atom is -0.380 e. The van der Waals surface area contributed by atoms with Gasteiger partial charge in [0.15, 0.2) is 0 Å². The van der Waals surface area contributed by atoms with E-state index in [0.29, 0.717) is 0 Å². The van der Waals surface area contributed by atoms with Crippen molar-refractivity contribution < 1.29 is 0 Å². The molecule has 2 aromatic carbocycles. The van der Waals surface area contributed by atoms with Crippen LogP contribution in [0.3, 0.4) is 0 Å². The lowest BCUT2D eigenvalue weighted by atomic mass is 10.1. The highest BCUT2D eigenvalue weighted by atomic mass is 79.9. The zero-order chi connectivity index (χ0) is 13.1. The number of hydrogen-bond acceptors (Lipinski definition) is 1. The average Bonchev–Trinajstić information content (AvgIpc) is 2.33. The van der Waals surface area contributed by atoms with E-state index < -0.39 is 0 Å². The molecule has 2 aromatic rings. The van der Waals surface area contributed by atoms with Crippen LogP contribution in [0.2, 0.25) is 5.02 Å². The van der Waals surface area contributed by atoms with Crippen molar-refractivity contribution in [3.63, 3.8) is 0 Å². The summed E-state index contributed by atoms with van der Waals surface area (Å²) in [7, 11) is 0. The summed E-state index contributed by atoms with van der Waals surface area (Å²) in [6.45, 7) is 4.90. The highest BCUT2D eigenvalue weighted by Gasteiger charge is 2.03. The number of rotatable bonds is 3. The van der Waals surface area contributed by atoms with Crippen LogP contribution in [0.4, 0.5) is 5.69 Å². The van der Waals surface area contributed by atoms with E-state index in [1.54, 1.807) is 0 Å². The van der Waals surface area contributed by atoms with E-state index in [9.17, 15) is 0 Å². The minimum atomic E-state index is 0.765. The molecule has 0 radical (unpaired) electrons. The van der Waals surface area contributed by atoms with E-state index in [4.69, 9.17) is 11.6 Å². The lowest BCUT2D eigenvalue weighted by molar-refractivity contribution is 1.13. The Morgan fingerprint density at radius 1 is 1.11 bits per heavy atom. The number of anilines is 1. The summed E-state index contributed by atoms with van der Waals surface area (Å²) in [5.41, 5.74) is 4.64. The van der Waals surface area contributed by atoms with Crippen LogP contribution < -0.4 is 5.32 Å². The average molecular weight is 325 g/mol. The molecule has 0 unspecified atom stereocenters. The number of para-hydroxylation sites is 1. The van der Waals surface area contributed by atoms with Gasteiger partial charge in [0, 0.05) is 11.0 Å². The first kappa shape index (κ1) is 13.4. The van der Waals surface area contributed by atoms with Crippen molar-refractivity contribution in [3.8, 4) is 0 Å². The normalized spacial score (nSPS) is 10.4. The summed E-state index contributed by atoms with van der Waals surface area (Å²) in [6.07, 6.45) is 0. The van der Waals surface area contributed by atoms with Crippen LogP contribution in [0.1, 0.15) is 16.7 Å². The Hall–Kier alpha value is -0.990. The fourth-order valence-corrected chi connectivity index (χ4v) is 2.51. The highest BCUT2D eigenvalue weighted by molar-refractivity contribution is 9.10. The van der Waals surface area contributed by atoms with Gasteiger partial charge in [-0.05, 0) is 42.7 Å². The van der Waals surface area contributed by atoms with Gasteiger partial charge in [0.1, 0.15) is 0 Å². The van der Waals surface area contributed by atoms with Crippen molar-refractivity contribution >= 4 is 33.2 Å². The van der Waals surface area contributed by atoms with Gasteiger partial charge in [-0.3, -0.25) is 0 Å². The molecule has 0 atom stereocenters. The van der Waals surface area contributed by atoms with Crippen molar-refractivity contribution in [2.45, 2.75) is 20.4 Å². The quantitative estimate of drug-likeness (QED) is 0.804. The fraction of sp³-hybridized carbons (Fsp3) is 0.200. The van der Waals surface area contributed by atoms with Crippen LogP contribution in [0.5, 0.6) is 0 Å². The van der Waals surface area contributed by atoms with Gasteiger partial charge < -0.3 is 5.32 Å². The molecule has 0 spiro atoms. The maximum Gasteiger partial charge on any atom is 0.0640 e. The summed E-state index contributed by atoms with van der Waals surface area (Å²) < 4.78 is 1.14. The second-order valence-corrected chi connectivity index (χ2v) is 5.63. The maximum atomic E-state index is 6.18. The monoisotopic (exact) mass is 323 g/mol. The topological polar surface area (TPSA) is 12.0 Å². The molecule has 94 valence electrons. The molecule has 2 rings (SSSR count). The van der Waals surface area contributed by atoms with Crippen LogP contribution in [-0.4, -0.2) is 0 Å². The van der Waals surface area contributed by atoms with E-state index in [1.165, 1.54) is 11.1 Å². The summed E-state index contributed by atoms with van der Waals surface area (Å²) in [5, 5.41) is 4.16. The first-order valence-corrected chi connectivity index (χ1v) is 6.99. The van der Waals surface area contributed by atoms with Gasteiger partial charge in [-0.25, -0.2) is 0 Å². The third-order valence-corrected chi connectivity index (χ3v) is 4.10. The molecule has 1 nitrogen and oxygen atoms in total. The molecule has 3 heteroatoms. The molecule has 0 aliphatic carbocycles. The fourth-order valence-electron chi connectivity index (χ4n) is 1.79. The van der Waals surface area contributed by atoms with Crippen molar-refractivity contribution in [2.24, 2.45) is 0 Å². The van der Waals surface area contributed by atoms with E-state index in [-0.39, 0.29) is 0 Å². The van der Waals surface area contributed by atoms with Gasteiger partial charge in [-0.1, -0.05) is 51.8 Å². The molecule has 18 heavy (non-hydrogen) atoms. The molecule has 0 aliphatic heterocycles. The van der Waals surface area contributed by atoms with Gasteiger partial charge in [-0.15, -0.1) is 0 Å². The Balaban J connectivity index is 2.14. The molecule has 0 bridgehead atoms. The molecule has 1 N–H and O–H groups in total. The Kier molecular flexibility index (Phi) is 4.31. The third-order valence-electron chi connectivity index (χ3n) is 2.93. The zero-order valence-corrected chi connectivity index (χ0v) is 12.8. The van der Waals surface area contributed by atoms with Gasteiger partial charge >= 0.3 is 0 Å². The smallest absolute Gasteiger partial charge is 0.0640 e. The van der Waals surface area contributed by atoms with Crippen molar-refractivity contribution in [2.75, 3.05) is 5.32 Å². The van der Waals surface area contributed by atoms with Crippen molar-refractivity contribution in [3.05, 3.63) is 62.6 Å². The van der Waals surface area contributed by atoms with Crippen LogP contribution >= 0.6 is 27.5 Å². The summed E-state index contributed by atoms with van der Waals surface area (Å²) >= 11 is 9.73. The number of hydrogen-bond donors (Lipinski definition) is 1. The largest absolute Gasteiger partial charge is 0.380 e. The van der Waals surface area contributed by atoms with Gasteiger partial charge in [-0.2, -0.15) is 0 Å². The Labute approximate surface area is 121 Å². The predicted octanol–water partition coefficient (Wildman–Crippen LogP) is 5.33. The Bertz CT molecular complexity index is 546. The van der Waals surface area contributed by atoms with Crippen LogP contribution in [-0.2, 0) is 6.54 Å². The molecule has 0 heterocycles. The first-order chi connectivity index (χ1) is 8.58. The van der Waals surface area contributed by atoms with Gasteiger partial charge in [0.25, 0.3) is 0 Å². The molecule has 0 amide bonds. The molecule has 0 aliphatic rings. The summed E-state index contributed by atoms with van der Waals surface area (Å²) in [4.78, 5) is 0. The number of benzene rings is 2. The molecule has 0 fully saturated rings. The zero-order valence-electron chi connectivity index (χ0n) is 10.4. The van der Waals surface area contributed by atoms with E-state index in [1.807, 2.05) is 12.1 Å². The van der Waals surface area contributed by atoms with Gasteiger partial charge in [0.2, 0.25) is 0 Å². The molecule has 0 saturated heterocycles. The van der Waals surface area contributed by atoms with Crippen LogP contribution in [0, 0.1) is 13.8 Å².